The first-order valence-electron chi connectivity index (χ1n) is 7.77. The van der Waals surface area contributed by atoms with Gasteiger partial charge in [0, 0.05) is 6.26 Å². The highest BCUT2D eigenvalue weighted by Gasteiger charge is 2.30. The molecule has 1 aliphatic rings. The number of halogens is 1. The smallest absolute Gasteiger partial charge is 0.307 e. The third kappa shape index (κ3) is 3.64. The molecule has 1 aliphatic carbocycles. The summed E-state index contributed by atoms with van der Waals surface area (Å²) in [6.45, 7) is 0. The Kier molecular flexibility index (Phi) is 4.47. The molecule has 6 heteroatoms. The highest BCUT2D eigenvalue weighted by Crippen LogP contribution is 2.43. The maximum absolute atomic E-state index is 13.2. The highest BCUT2D eigenvalue weighted by molar-refractivity contribution is 7.90. The van der Waals surface area contributed by atoms with E-state index < -0.39 is 21.7 Å². The fraction of sp³-hybridized carbons (Fsp3) is 0.211. The van der Waals surface area contributed by atoms with E-state index in [1.165, 1.54) is 24.3 Å². The highest BCUT2D eigenvalue weighted by atomic mass is 32.2. The van der Waals surface area contributed by atoms with Crippen molar-refractivity contribution in [3.63, 3.8) is 0 Å². The molecule has 0 saturated heterocycles. The van der Waals surface area contributed by atoms with Crippen molar-refractivity contribution < 1.29 is 22.7 Å². The Morgan fingerprint density at radius 3 is 1.80 bits per heavy atom. The number of carboxylic acids is 1. The Morgan fingerprint density at radius 1 is 0.960 bits per heavy atom. The molecule has 1 atom stereocenters. The van der Waals surface area contributed by atoms with Crippen LogP contribution in [-0.4, -0.2) is 25.7 Å². The zero-order valence-electron chi connectivity index (χ0n) is 13.6. The van der Waals surface area contributed by atoms with Gasteiger partial charge in [0.15, 0.2) is 9.84 Å². The number of hydrogen-bond donors (Lipinski definition) is 1. The van der Waals surface area contributed by atoms with Crippen LogP contribution in [0.1, 0.15) is 24.0 Å². The van der Waals surface area contributed by atoms with E-state index in [0.717, 1.165) is 28.5 Å². The molecule has 0 aromatic heterocycles. The van der Waals surface area contributed by atoms with Crippen LogP contribution in [0.15, 0.2) is 53.4 Å². The minimum Gasteiger partial charge on any atom is -0.481 e. The van der Waals surface area contributed by atoms with Gasteiger partial charge in [-0.25, -0.2) is 12.8 Å². The van der Waals surface area contributed by atoms with Gasteiger partial charge in [-0.1, -0.05) is 24.3 Å². The Bertz CT molecular complexity index is 942. The van der Waals surface area contributed by atoms with Crippen molar-refractivity contribution in [2.24, 2.45) is 5.92 Å². The van der Waals surface area contributed by atoms with Crippen LogP contribution in [-0.2, 0) is 14.6 Å². The van der Waals surface area contributed by atoms with Gasteiger partial charge < -0.3 is 5.11 Å². The van der Waals surface area contributed by atoms with Gasteiger partial charge in [0.1, 0.15) is 5.82 Å². The minimum atomic E-state index is -3.29. The summed E-state index contributed by atoms with van der Waals surface area (Å²) in [5.74, 6) is -1.76. The number of carbonyl (C=O) groups is 1. The Morgan fingerprint density at radius 2 is 1.40 bits per heavy atom. The normalized spacial score (nSPS) is 17.8. The monoisotopic (exact) mass is 360 g/mol. The van der Waals surface area contributed by atoms with Gasteiger partial charge in [-0.15, -0.1) is 0 Å². The maximum Gasteiger partial charge on any atom is 0.307 e. The molecule has 3 rings (SSSR count). The van der Waals surface area contributed by atoms with Crippen LogP contribution < -0.4 is 0 Å². The topological polar surface area (TPSA) is 71.4 Å². The van der Waals surface area contributed by atoms with Gasteiger partial charge in [0.05, 0.1) is 10.8 Å². The zero-order chi connectivity index (χ0) is 18.2. The second-order valence-electron chi connectivity index (χ2n) is 6.20. The van der Waals surface area contributed by atoms with E-state index in [-0.39, 0.29) is 10.7 Å². The van der Waals surface area contributed by atoms with Crippen molar-refractivity contribution in [2.75, 3.05) is 6.26 Å². The molecule has 0 spiro atoms. The van der Waals surface area contributed by atoms with Crippen LogP contribution in [0.3, 0.4) is 0 Å². The Hall–Kier alpha value is -2.47. The quantitative estimate of drug-likeness (QED) is 0.904. The number of sulfone groups is 1. The van der Waals surface area contributed by atoms with Gasteiger partial charge in [0.2, 0.25) is 0 Å². The summed E-state index contributed by atoms with van der Waals surface area (Å²) >= 11 is 0. The predicted octanol–water partition coefficient (Wildman–Crippen LogP) is 3.63. The van der Waals surface area contributed by atoms with Gasteiger partial charge >= 0.3 is 5.97 Å². The van der Waals surface area contributed by atoms with Crippen molar-refractivity contribution in [1.29, 1.82) is 0 Å². The average molecular weight is 360 g/mol. The number of rotatable bonds is 4. The van der Waals surface area contributed by atoms with E-state index in [1.54, 1.807) is 24.3 Å². The van der Waals surface area contributed by atoms with E-state index in [9.17, 15) is 22.7 Å². The first-order valence-corrected chi connectivity index (χ1v) is 9.66. The third-order valence-corrected chi connectivity index (χ3v) is 5.57. The summed E-state index contributed by atoms with van der Waals surface area (Å²) in [6.07, 6.45) is 1.87. The summed E-state index contributed by atoms with van der Waals surface area (Å²) in [4.78, 5) is 11.6. The van der Waals surface area contributed by atoms with Crippen LogP contribution in [0.4, 0.5) is 4.39 Å². The van der Waals surface area contributed by atoms with Gasteiger partial charge in [0.25, 0.3) is 0 Å². The molecule has 4 nitrogen and oxygen atoms in total. The lowest BCUT2D eigenvalue weighted by molar-refractivity contribution is -0.141. The molecule has 0 fully saturated rings. The molecular weight excluding hydrogens is 343 g/mol. The molecule has 0 radical (unpaired) electrons. The van der Waals surface area contributed by atoms with Crippen molar-refractivity contribution in [2.45, 2.75) is 17.7 Å². The van der Waals surface area contributed by atoms with E-state index in [0.29, 0.717) is 12.8 Å². The fourth-order valence-electron chi connectivity index (χ4n) is 3.12. The van der Waals surface area contributed by atoms with Crippen LogP contribution in [0.5, 0.6) is 0 Å². The molecular formula is C19H17FO4S. The van der Waals surface area contributed by atoms with Gasteiger partial charge in [-0.3, -0.25) is 4.79 Å². The lowest BCUT2D eigenvalue weighted by Gasteiger charge is -2.09. The molecule has 130 valence electrons. The van der Waals surface area contributed by atoms with Gasteiger partial charge in [-0.2, -0.15) is 0 Å². The lowest BCUT2D eigenvalue weighted by Crippen LogP contribution is -2.09. The molecule has 1 unspecified atom stereocenters. The largest absolute Gasteiger partial charge is 0.481 e. The van der Waals surface area contributed by atoms with Crippen LogP contribution in [0, 0.1) is 11.7 Å². The average Bonchev–Trinajstić information content (AvgIpc) is 3.00. The zero-order valence-corrected chi connectivity index (χ0v) is 14.4. The van der Waals surface area contributed by atoms with Crippen LogP contribution in [0.25, 0.3) is 11.1 Å². The summed E-state index contributed by atoms with van der Waals surface area (Å²) < 4.78 is 36.4. The lowest BCUT2D eigenvalue weighted by atomic mass is 9.97. The molecule has 0 heterocycles. The summed E-state index contributed by atoms with van der Waals surface area (Å²) in [5, 5.41) is 9.37. The van der Waals surface area contributed by atoms with Crippen molar-refractivity contribution in [3.05, 3.63) is 65.5 Å². The SMILES string of the molecule is CS(=O)(=O)c1ccc(C2=C(c3ccc(F)cc3)CC(C(=O)O)C2)cc1. The van der Waals surface area contributed by atoms with E-state index >= 15 is 0 Å². The first kappa shape index (κ1) is 17.4. The van der Waals surface area contributed by atoms with Crippen molar-refractivity contribution in [3.8, 4) is 0 Å². The molecule has 1 N–H and O–H groups in total. The fourth-order valence-corrected chi connectivity index (χ4v) is 3.76. The van der Waals surface area contributed by atoms with Gasteiger partial charge in [-0.05, 0) is 59.4 Å². The standard InChI is InChI=1S/C19H17FO4S/c1-25(23,24)16-8-4-13(5-9-16)18-11-14(19(21)22)10-17(18)12-2-6-15(20)7-3-12/h2-9,14H,10-11H2,1H3,(H,21,22). The summed E-state index contributed by atoms with van der Waals surface area (Å²) in [5.41, 5.74) is 3.29. The first-order chi connectivity index (χ1) is 11.8. The molecule has 2 aromatic rings. The summed E-state index contributed by atoms with van der Waals surface area (Å²) in [7, 11) is -3.29. The molecule has 0 aliphatic heterocycles. The molecule has 0 amide bonds. The Balaban J connectivity index is 2.06. The third-order valence-electron chi connectivity index (χ3n) is 4.44. The van der Waals surface area contributed by atoms with Crippen molar-refractivity contribution >= 4 is 27.0 Å². The number of benzene rings is 2. The molecule has 0 saturated carbocycles. The predicted molar refractivity (Wildman–Crippen MR) is 93.1 cm³/mol. The van der Waals surface area contributed by atoms with Crippen molar-refractivity contribution in [1.82, 2.24) is 0 Å². The van der Waals surface area contributed by atoms with E-state index in [2.05, 4.69) is 0 Å². The summed E-state index contributed by atoms with van der Waals surface area (Å²) in [6, 6.07) is 12.4. The van der Waals surface area contributed by atoms with E-state index in [4.69, 9.17) is 0 Å². The Labute approximate surface area is 145 Å². The van der Waals surface area contributed by atoms with E-state index in [1.807, 2.05) is 0 Å². The number of hydrogen-bond acceptors (Lipinski definition) is 3. The maximum atomic E-state index is 13.2. The second kappa shape index (κ2) is 6.44. The molecule has 25 heavy (non-hydrogen) atoms. The molecule has 2 aromatic carbocycles. The second-order valence-corrected chi connectivity index (χ2v) is 8.22. The number of allylic oxidation sites excluding steroid dienone is 2. The number of carboxylic acid groups (broad SMARTS) is 1. The number of aliphatic carboxylic acids is 1. The minimum absolute atomic E-state index is 0.216. The van der Waals surface area contributed by atoms with Crippen LogP contribution >= 0.6 is 0 Å². The van der Waals surface area contributed by atoms with Crippen LogP contribution in [0.2, 0.25) is 0 Å². The molecule has 0 bridgehead atoms.